The Labute approximate surface area is 263 Å². The van der Waals surface area contributed by atoms with Gasteiger partial charge in [-0.2, -0.15) is 5.10 Å². The van der Waals surface area contributed by atoms with Gasteiger partial charge in [-0.25, -0.2) is 9.97 Å². The summed E-state index contributed by atoms with van der Waals surface area (Å²) in [7, 11) is 1.79. The lowest BCUT2D eigenvalue weighted by molar-refractivity contribution is -0.130. The van der Waals surface area contributed by atoms with Crippen molar-refractivity contribution in [1.29, 1.82) is 0 Å². The lowest BCUT2D eigenvalue weighted by Crippen LogP contribution is -2.54. The topological polar surface area (TPSA) is 135 Å². The number of aryl methyl sites for hydroxylation is 3. The molecule has 1 saturated carbocycles. The van der Waals surface area contributed by atoms with Gasteiger partial charge in [0, 0.05) is 75.5 Å². The van der Waals surface area contributed by atoms with Crippen molar-refractivity contribution in [2.75, 3.05) is 38.0 Å². The Kier molecular flexibility index (Phi) is 9.62. The van der Waals surface area contributed by atoms with Gasteiger partial charge in [-0.05, 0) is 75.8 Å². The molecule has 1 aliphatic heterocycles. The lowest BCUT2D eigenvalue weighted by Gasteiger charge is -2.40. The number of nitrogens with zero attached hydrogens (tertiary/aromatic N) is 6. The molecule has 2 atom stereocenters. The third-order valence-electron chi connectivity index (χ3n) is 8.29. The predicted octanol–water partition coefficient (Wildman–Crippen LogP) is 3.55. The zero-order valence-electron chi connectivity index (χ0n) is 26.7. The molecular weight excluding hydrogens is 572 g/mol. The molecule has 3 heterocycles. The highest BCUT2D eigenvalue weighted by Crippen LogP contribution is 2.39. The Balaban J connectivity index is 1.45. The SMILES string of the molecule is C=CC(=O)N1CCN(CC(Oc2cc(C)c(C(=O)Nc3nn(C)cc3C)cc2C(=O)NCC)c2ncc(C3CC3)cn2)C[C@H]1C. The summed E-state index contributed by atoms with van der Waals surface area (Å²) in [4.78, 5) is 52.5. The van der Waals surface area contributed by atoms with Gasteiger partial charge >= 0.3 is 0 Å². The quantitative estimate of drug-likeness (QED) is 0.313. The first-order valence-electron chi connectivity index (χ1n) is 15.5. The Bertz CT molecular complexity index is 1580. The van der Waals surface area contributed by atoms with Crippen LogP contribution >= 0.6 is 0 Å². The molecule has 3 aromatic rings. The van der Waals surface area contributed by atoms with Gasteiger partial charge in [0.2, 0.25) is 5.91 Å². The van der Waals surface area contributed by atoms with Gasteiger partial charge in [0.15, 0.2) is 17.7 Å². The summed E-state index contributed by atoms with van der Waals surface area (Å²) < 4.78 is 8.26. The molecule has 1 aliphatic carbocycles. The van der Waals surface area contributed by atoms with Gasteiger partial charge in [0.05, 0.1) is 5.56 Å². The molecule has 0 bridgehead atoms. The van der Waals surface area contributed by atoms with Gasteiger partial charge in [-0.1, -0.05) is 6.58 Å². The number of anilines is 1. The first kappa shape index (κ1) is 31.8. The number of benzene rings is 1. The molecule has 3 amide bonds. The van der Waals surface area contributed by atoms with Crippen molar-refractivity contribution >= 4 is 23.5 Å². The number of piperazine rings is 1. The minimum atomic E-state index is -0.615. The molecule has 12 heteroatoms. The van der Waals surface area contributed by atoms with Crippen molar-refractivity contribution in [3.05, 3.63) is 77.0 Å². The van der Waals surface area contributed by atoms with Crippen molar-refractivity contribution in [1.82, 2.24) is 34.9 Å². The van der Waals surface area contributed by atoms with Gasteiger partial charge in [0.25, 0.3) is 11.8 Å². The Morgan fingerprint density at radius 2 is 1.82 bits per heavy atom. The molecule has 1 saturated heterocycles. The van der Waals surface area contributed by atoms with E-state index in [9.17, 15) is 14.4 Å². The van der Waals surface area contributed by atoms with E-state index in [1.807, 2.05) is 51.2 Å². The van der Waals surface area contributed by atoms with Gasteiger partial charge in [0.1, 0.15) is 5.75 Å². The molecule has 2 aromatic heterocycles. The Morgan fingerprint density at radius 1 is 1.09 bits per heavy atom. The van der Waals surface area contributed by atoms with Crippen LogP contribution in [0.5, 0.6) is 5.75 Å². The second-order valence-electron chi connectivity index (χ2n) is 11.9. The van der Waals surface area contributed by atoms with E-state index >= 15 is 0 Å². The molecule has 0 spiro atoms. The highest BCUT2D eigenvalue weighted by Gasteiger charge is 2.31. The molecule has 2 fully saturated rings. The number of hydrogen-bond donors (Lipinski definition) is 2. The minimum Gasteiger partial charge on any atom is -0.480 e. The standard InChI is InChI=1S/C33H42N8O4/c1-7-29(42)41-12-11-40(18-22(41)5)19-28(31-35-15-24(16-36-31)23-9-10-23)45-27-13-20(3)25(14-26(27)32(43)34-8-2)33(44)37-30-21(4)17-39(6)38-30/h7,13-17,22-23,28H,1,8-12,18-19H2,2-6H3,(H,34,43)(H,37,38,44)/t22-,28?/m1/s1. The predicted molar refractivity (Wildman–Crippen MR) is 170 cm³/mol. The van der Waals surface area contributed by atoms with Crippen LogP contribution in [0.15, 0.2) is 43.4 Å². The summed E-state index contributed by atoms with van der Waals surface area (Å²) in [6, 6.07) is 3.27. The maximum absolute atomic E-state index is 13.4. The van der Waals surface area contributed by atoms with Crippen molar-refractivity contribution in [2.45, 2.75) is 58.6 Å². The number of carbonyl (C=O) groups is 3. The number of hydrogen-bond acceptors (Lipinski definition) is 8. The van der Waals surface area contributed by atoms with E-state index in [-0.39, 0.29) is 29.3 Å². The van der Waals surface area contributed by atoms with Crippen LogP contribution in [0.2, 0.25) is 0 Å². The highest BCUT2D eigenvalue weighted by molar-refractivity contribution is 6.07. The maximum atomic E-state index is 13.4. The molecule has 2 N–H and O–H groups in total. The zero-order chi connectivity index (χ0) is 32.2. The van der Waals surface area contributed by atoms with Crippen LogP contribution in [0.1, 0.15) is 81.9 Å². The normalized spacial score (nSPS) is 17.4. The fourth-order valence-corrected chi connectivity index (χ4v) is 5.71. The van der Waals surface area contributed by atoms with Gasteiger partial charge in [-0.3, -0.25) is 24.0 Å². The minimum absolute atomic E-state index is 0.0169. The van der Waals surface area contributed by atoms with Crippen LogP contribution in [-0.2, 0) is 11.8 Å². The molecule has 2 aliphatic rings. The average Bonchev–Trinajstić information content (AvgIpc) is 3.81. The first-order valence-corrected chi connectivity index (χ1v) is 15.5. The van der Waals surface area contributed by atoms with E-state index in [4.69, 9.17) is 14.7 Å². The van der Waals surface area contributed by atoms with Gasteiger partial charge in [-0.15, -0.1) is 0 Å². The van der Waals surface area contributed by atoms with E-state index in [0.717, 1.165) is 24.0 Å². The zero-order valence-corrected chi connectivity index (χ0v) is 26.7. The number of rotatable bonds is 11. The number of carbonyl (C=O) groups excluding carboxylic acids is 3. The van der Waals surface area contributed by atoms with Crippen LogP contribution in [0.25, 0.3) is 0 Å². The van der Waals surface area contributed by atoms with E-state index < -0.39 is 6.10 Å². The molecule has 1 unspecified atom stereocenters. The summed E-state index contributed by atoms with van der Waals surface area (Å²) >= 11 is 0. The number of ether oxygens (including phenoxy) is 1. The van der Waals surface area contributed by atoms with Crippen LogP contribution in [0.3, 0.4) is 0 Å². The molecule has 1 aromatic carbocycles. The fourth-order valence-electron chi connectivity index (χ4n) is 5.71. The van der Waals surface area contributed by atoms with Crippen LogP contribution in [0.4, 0.5) is 5.82 Å². The second kappa shape index (κ2) is 13.6. The van der Waals surface area contributed by atoms with Crippen LogP contribution < -0.4 is 15.4 Å². The lowest BCUT2D eigenvalue weighted by atomic mass is 10.0. The molecule has 0 radical (unpaired) electrons. The Hall–Kier alpha value is -4.58. The summed E-state index contributed by atoms with van der Waals surface area (Å²) in [5.41, 5.74) is 3.15. The van der Waals surface area contributed by atoms with Crippen molar-refractivity contribution in [2.24, 2.45) is 7.05 Å². The summed E-state index contributed by atoms with van der Waals surface area (Å²) in [6.07, 6.45) is 8.56. The largest absolute Gasteiger partial charge is 0.480 e. The molecule has 238 valence electrons. The second-order valence-corrected chi connectivity index (χ2v) is 11.9. The smallest absolute Gasteiger partial charge is 0.257 e. The van der Waals surface area contributed by atoms with Crippen LogP contribution in [-0.4, -0.2) is 86.0 Å². The monoisotopic (exact) mass is 614 g/mol. The first-order chi connectivity index (χ1) is 21.6. The Morgan fingerprint density at radius 3 is 2.42 bits per heavy atom. The third kappa shape index (κ3) is 7.39. The molecular formula is C33H42N8O4. The maximum Gasteiger partial charge on any atom is 0.257 e. The summed E-state index contributed by atoms with van der Waals surface area (Å²) in [5.74, 6) is 0.986. The number of aromatic nitrogens is 4. The van der Waals surface area contributed by atoms with Crippen LogP contribution in [0, 0.1) is 13.8 Å². The van der Waals surface area contributed by atoms with E-state index in [0.29, 0.717) is 67.2 Å². The summed E-state index contributed by atoms with van der Waals surface area (Å²) in [5, 5.41) is 10.0. The van der Waals surface area contributed by atoms with Crippen molar-refractivity contribution in [3.8, 4) is 5.75 Å². The average molecular weight is 615 g/mol. The molecule has 12 nitrogen and oxygen atoms in total. The molecule has 5 rings (SSSR count). The van der Waals surface area contributed by atoms with Gasteiger partial charge < -0.3 is 20.3 Å². The number of nitrogens with one attached hydrogen (secondary N) is 2. The van der Waals surface area contributed by atoms with E-state index in [1.54, 1.807) is 23.9 Å². The van der Waals surface area contributed by atoms with E-state index in [1.165, 1.54) is 6.08 Å². The van der Waals surface area contributed by atoms with E-state index in [2.05, 4.69) is 27.2 Å². The summed E-state index contributed by atoms with van der Waals surface area (Å²) in [6.45, 7) is 13.8. The fraction of sp³-hybridized carbons (Fsp3) is 0.455. The molecule has 45 heavy (non-hydrogen) atoms. The highest BCUT2D eigenvalue weighted by atomic mass is 16.5. The van der Waals surface area contributed by atoms with Crippen molar-refractivity contribution < 1.29 is 19.1 Å². The third-order valence-corrected chi connectivity index (χ3v) is 8.29. The van der Waals surface area contributed by atoms with Crippen molar-refractivity contribution in [3.63, 3.8) is 0 Å². The number of amides is 3.